The molecule has 4 nitrogen and oxygen atoms in total. The number of piperidine rings is 1. The quantitative estimate of drug-likeness (QED) is 0.588. The lowest BCUT2D eigenvalue weighted by Gasteiger charge is -2.21. The molecule has 0 unspecified atom stereocenters. The molecule has 0 aromatic rings. The largest absolute Gasteiger partial charge is 0.465 e. The monoisotopic (exact) mass is 226 g/mol. The minimum atomic E-state index is -2.38. The Labute approximate surface area is 85.7 Å². The zero-order chi connectivity index (χ0) is 11.0. The fraction of sp³-hybridized carbons (Fsp3) is 0.714. The number of amides is 1. The Morgan fingerprint density at radius 1 is 1.50 bits per heavy atom. The molecule has 0 aromatic heterocycles. The van der Waals surface area contributed by atoms with Crippen molar-refractivity contribution in [1.82, 2.24) is 10.6 Å². The van der Waals surface area contributed by atoms with Crippen molar-refractivity contribution in [3.05, 3.63) is 0 Å². The molecule has 0 saturated carbocycles. The average molecular weight is 226 g/mol. The number of carbonyl (C=O) groups is 1. The Morgan fingerprint density at radius 2 is 2.00 bits per heavy atom. The molecule has 1 rings (SSSR count). The van der Waals surface area contributed by atoms with Crippen LogP contribution in [0.3, 0.4) is 0 Å². The number of thiocarbonyl (C=S) groups is 1. The van der Waals surface area contributed by atoms with Crippen LogP contribution in [0.25, 0.3) is 0 Å². The van der Waals surface area contributed by atoms with Gasteiger partial charge in [-0.3, -0.25) is 5.32 Å². The molecule has 7 heteroatoms. The third-order valence-corrected chi connectivity index (χ3v) is 1.64. The summed E-state index contributed by atoms with van der Waals surface area (Å²) in [6.45, 7) is 0.931. The van der Waals surface area contributed by atoms with Crippen LogP contribution in [-0.2, 0) is 0 Å². The number of alkyl halides is 2. The number of hydrogen-bond donors (Lipinski definition) is 3. The van der Waals surface area contributed by atoms with Gasteiger partial charge < -0.3 is 10.4 Å². The summed E-state index contributed by atoms with van der Waals surface area (Å²) in [4.78, 5) is 9.39. The molecule has 0 aromatic carbocycles. The maximum Gasteiger partial charge on any atom is 0.409 e. The van der Waals surface area contributed by atoms with Crippen molar-refractivity contribution < 1.29 is 18.7 Å². The van der Waals surface area contributed by atoms with Gasteiger partial charge in [0.05, 0.1) is 5.49 Å². The molecule has 1 amide bonds. The molecule has 1 aliphatic rings. The summed E-state index contributed by atoms with van der Waals surface area (Å²) >= 11 is 4.11. The summed E-state index contributed by atoms with van der Waals surface area (Å²) in [5.74, 6) is -2.38. The normalized spacial score (nSPS) is 18.7. The van der Waals surface area contributed by atoms with Crippen LogP contribution in [0.5, 0.6) is 0 Å². The lowest BCUT2D eigenvalue weighted by Crippen LogP contribution is -2.35. The molecule has 3 N–H and O–H groups in total. The summed E-state index contributed by atoms with van der Waals surface area (Å²) in [7, 11) is 0. The van der Waals surface area contributed by atoms with E-state index >= 15 is 0 Å². The molecule has 82 valence electrons. The second-order valence-corrected chi connectivity index (χ2v) is 2.91. The zero-order valence-corrected chi connectivity index (χ0v) is 8.24. The maximum atomic E-state index is 12.2. The van der Waals surface area contributed by atoms with Gasteiger partial charge in [-0.2, -0.15) is 0 Å². The summed E-state index contributed by atoms with van der Waals surface area (Å²) in [5, 5.41) is 12.4. The fourth-order valence-electron chi connectivity index (χ4n) is 0.843. The van der Waals surface area contributed by atoms with Crippen molar-refractivity contribution in [3.8, 4) is 0 Å². The van der Waals surface area contributed by atoms with Crippen molar-refractivity contribution in [2.24, 2.45) is 0 Å². The Kier molecular flexibility index (Phi) is 6.22. The van der Waals surface area contributed by atoms with E-state index in [0.717, 1.165) is 5.49 Å². The molecule has 0 atom stereocenters. The van der Waals surface area contributed by atoms with Gasteiger partial charge in [0.1, 0.15) is 0 Å². The van der Waals surface area contributed by atoms with Gasteiger partial charge in [-0.05, 0) is 0 Å². The van der Waals surface area contributed by atoms with E-state index in [9.17, 15) is 13.6 Å². The van der Waals surface area contributed by atoms with Gasteiger partial charge in [0.15, 0.2) is 0 Å². The van der Waals surface area contributed by atoms with Gasteiger partial charge in [-0.25, -0.2) is 13.6 Å². The molecule has 0 bridgehead atoms. The van der Waals surface area contributed by atoms with Crippen LogP contribution >= 0.6 is 12.2 Å². The Hall–Kier alpha value is -0.820. The van der Waals surface area contributed by atoms with Crippen LogP contribution in [-0.4, -0.2) is 35.7 Å². The van der Waals surface area contributed by atoms with Crippen molar-refractivity contribution >= 4 is 23.8 Å². The molecule has 14 heavy (non-hydrogen) atoms. The van der Waals surface area contributed by atoms with Crippen molar-refractivity contribution in [2.75, 3.05) is 13.1 Å². The Morgan fingerprint density at radius 3 is 2.14 bits per heavy atom. The van der Waals surface area contributed by atoms with Crippen LogP contribution in [0, 0.1) is 0 Å². The maximum absolute atomic E-state index is 12.2. The van der Waals surface area contributed by atoms with E-state index < -0.39 is 12.0 Å². The van der Waals surface area contributed by atoms with Gasteiger partial charge in [-0.1, -0.05) is 12.2 Å². The average Bonchev–Trinajstić information content (AvgIpc) is 2.04. The second-order valence-electron chi connectivity index (χ2n) is 2.67. The van der Waals surface area contributed by atoms with E-state index in [1.54, 1.807) is 0 Å². The summed E-state index contributed by atoms with van der Waals surface area (Å²) in [6, 6.07) is 0. The van der Waals surface area contributed by atoms with Crippen LogP contribution in [0.2, 0.25) is 0 Å². The summed E-state index contributed by atoms with van der Waals surface area (Å²) in [6.07, 6.45) is -1.11. The molecule has 1 aliphatic heterocycles. The molecule has 1 heterocycles. The van der Waals surface area contributed by atoms with E-state index in [4.69, 9.17) is 5.11 Å². The highest BCUT2D eigenvalue weighted by atomic mass is 32.1. The zero-order valence-electron chi connectivity index (χ0n) is 7.43. The number of carboxylic acid groups (broad SMARTS) is 1. The van der Waals surface area contributed by atoms with Gasteiger partial charge >= 0.3 is 6.09 Å². The van der Waals surface area contributed by atoms with Crippen LogP contribution in [0.15, 0.2) is 0 Å². The SMILES string of the molecule is FC1(F)CCNCC1.O=C(O)NC=S. The lowest BCUT2D eigenvalue weighted by molar-refractivity contribution is -0.0274. The van der Waals surface area contributed by atoms with E-state index in [1.807, 2.05) is 5.32 Å². The fourth-order valence-corrected chi connectivity index (χ4v) is 0.944. The molecule has 1 saturated heterocycles. The minimum absolute atomic E-state index is 0.00694. The molecule has 1 fully saturated rings. The standard InChI is InChI=1S/C5H9F2N.C2H3NO2S/c6-5(7)1-3-8-4-2-5;4-2(5)3-1-6/h8H,1-4H2;1H,(H,3,6)(H,4,5). The summed E-state index contributed by atoms with van der Waals surface area (Å²) in [5.41, 5.74) is 0.933. The Bertz CT molecular complexity index is 194. The lowest BCUT2D eigenvalue weighted by atomic mass is 10.1. The predicted octanol–water partition coefficient (Wildman–Crippen LogP) is 1.22. The minimum Gasteiger partial charge on any atom is -0.465 e. The van der Waals surface area contributed by atoms with Gasteiger partial charge in [0.25, 0.3) is 5.92 Å². The molecule has 0 spiro atoms. The van der Waals surface area contributed by atoms with E-state index in [0.29, 0.717) is 13.1 Å². The predicted molar refractivity (Wildman–Crippen MR) is 51.9 cm³/mol. The van der Waals surface area contributed by atoms with Crippen molar-refractivity contribution in [3.63, 3.8) is 0 Å². The van der Waals surface area contributed by atoms with E-state index in [2.05, 4.69) is 17.5 Å². The first-order chi connectivity index (χ1) is 6.48. The van der Waals surface area contributed by atoms with Gasteiger partial charge in [-0.15, -0.1) is 0 Å². The van der Waals surface area contributed by atoms with Crippen LogP contribution in [0.4, 0.5) is 13.6 Å². The van der Waals surface area contributed by atoms with Crippen LogP contribution < -0.4 is 10.6 Å². The highest BCUT2D eigenvalue weighted by Gasteiger charge is 2.30. The topological polar surface area (TPSA) is 61.4 Å². The number of hydrogen-bond acceptors (Lipinski definition) is 3. The number of rotatable bonds is 1. The van der Waals surface area contributed by atoms with Gasteiger partial charge in [0, 0.05) is 25.9 Å². The number of nitrogens with one attached hydrogen (secondary N) is 2. The van der Waals surface area contributed by atoms with Gasteiger partial charge in [0.2, 0.25) is 0 Å². The third kappa shape index (κ3) is 7.81. The summed E-state index contributed by atoms with van der Waals surface area (Å²) < 4.78 is 24.3. The highest BCUT2D eigenvalue weighted by molar-refractivity contribution is 7.78. The molecule has 0 aliphatic carbocycles. The second kappa shape index (κ2) is 6.61. The van der Waals surface area contributed by atoms with Crippen molar-refractivity contribution in [2.45, 2.75) is 18.8 Å². The van der Waals surface area contributed by atoms with Crippen molar-refractivity contribution in [1.29, 1.82) is 0 Å². The van der Waals surface area contributed by atoms with Crippen LogP contribution in [0.1, 0.15) is 12.8 Å². The third-order valence-electron chi connectivity index (χ3n) is 1.52. The molecular formula is C7H12F2N2O2S. The van der Waals surface area contributed by atoms with E-state index in [1.165, 1.54) is 0 Å². The smallest absolute Gasteiger partial charge is 0.409 e. The highest BCUT2D eigenvalue weighted by Crippen LogP contribution is 2.23. The number of halogens is 2. The van der Waals surface area contributed by atoms with E-state index in [-0.39, 0.29) is 12.8 Å². The first-order valence-corrected chi connectivity index (χ1v) is 4.47. The molecule has 0 radical (unpaired) electrons. The Balaban J connectivity index is 0.000000255. The molecular weight excluding hydrogens is 214 g/mol. The first kappa shape index (κ1) is 13.2. The first-order valence-electron chi connectivity index (χ1n) is 3.99.